The van der Waals surface area contributed by atoms with Crippen LogP contribution >= 0.6 is 11.3 Å². The van der Waals surface area contributed by atoms with Crippen LogP contribution in [0.15, 0.2) is 29.6 Å². The number of aromatic carboxylic acids is 1. The summed E-state index contributed by atoms with van der Waals surface area (Å²) in [7, 11) is 0. The summed E-state index contributed by atoms with van der Waals surface area (Å²) in [6.07, 6.45) is 0. The first-order chi connectivity index (χ1) is 9.24. The lowest BCUT2D eigenvalue weighted by molar-refractivity contribution is 0.0699. The van der Waals surface area contributed by atoms with Crippen molar-refractivity contribution in [2.75, 3.05) is 6.79 Å². The molecule has 2 heterocycles. The molecule has 1 aliphatic heterocycles. The largest absolute Gasteiger partial charge is 0.489 e. The maximum absolute atomic E-state index is 11.0. The van der Waals surface area contributed by atoms with Crippen molar-refractivity contribution < 1.29 is 24.1 Å². The Hall–Kier alpha value is -2.21. The van der Waals surface area contributed by atoms with Gasteiger partial charge in [0.1, 0.15) is 17.2 Å². The van der Waals surface area contributed by atoms with E-state index >= 15 is 0 Å². The normalized spacial score (nSPS) is 12.4. The number of rotatable bonds is 4. The highest BCUT2D eigenvalue weighted by Gasteiger charge is 2.15. The highest BCUT2D eigenvalue weighted by Crippen LogP contribution is 2.35. The van der Waals surface area contributed by atoms with E-state index in [-0.39, 0.29) is 13.4 Å². The number of fused-ring (bicyclic) bond motifs is 1. The van der Waals surface area contributed by atoms with E-state index in [0.717, 1.165) is 0 Å². The summed E-state index contributed by atoms with van der Waals surface area (Å²) in [5.41, 5.74) is 0.662. The van der Waals surface area contributed by atoms with E-state index in [1.54, 1.807) is 29.6 Å². The van der Waals surface area contributed by atoms with Crippen LogP contribution < -0.4 is 14.2 Å². The van der Waals surface area contributed by atoms with Crippen LogP contribution in [-0.2, 0) is 6.61 Å². The molecule has 5 nitrogen and oxygen atoms in total. The minimum atomic E-state index is -0.931. The molecule has 0 spiro atoms. The molecule has 1 N–H and O–H groups in total. The van der Waals surface area contributed by atoms with Crippen molar-refractivity contribution in [2.24, 2.45) is 0 Å². The Morgan fingerprint density at radius 3 is 3.00 bits per heavy atom. The van der Waals surface area contributed by atoms with Gasteiger partial charge in [-0.1, -0.05) is 0 Å². The van der Waals surface area contributed by atoms with Gasteiger partial charge in [-0.15, -0.1) is 11.3 Å². The van der Waals surface area contributed by atoms with Crippen LogP contribution in [0.1, 0.15) is 15.2 Å². The maximum atomic E-state index is 11.0. The average molecular weight is 278 g/mol. The molecule has 0 fully saturated rings. The van der Waals surface area contributed by atoms with Crippen molar-refractivity contribution in [1.82, 2.24) is 0 Å². The smallest absolute Gasteiger partial charge is 0.346 e. The maximum Gasteiger partial charge on any atom is 0.346 e. The van der Waals surface area contributed by atoms with Crippen molar-refractivity contribution in [3.63, 3.8) is 0 Å². The number of ether oxygens (including phenoxy) is 3. The van der Waals surface area contributed by atoms with E-state index in [1.807, 2.05) is 0 Å². The summed E-state index contributed by atoms with van der Waals surface area (Å²) in [4.78, 5) is 11.3. The molecule has 0 radical (unpaired) electrons. The second-order valence-corrected chi connectivity index (χ2v) is 4.80. The third-order valence-electron chi connectivity index (χ3n) is 2.68. The molecular formula is C13H10O5S. The van der Waals surface area contributed by atoms with Crippen LogP contribution in [-0.4, -0.2) is 17.9 Å². The van der Waals surface area contributed by atoms with Gasteiger partial charge in [-0.2, -0.15) is 0 Å². The number of hydrogen-bond donors (Lipinski definition) is 1. The molecule has 0 aliphatic carbocycles. The summed E-state index contributed by atoms with van der Waals surface area (Å²) in [6.45, 7) is 0.428. The summed E-state index contributed by atoms with van der Waals surface area (Å²) in [6, 6.07) is 7.01. The lowest BCUT2D eigenvalue weighted by Crippen LogP contribution is -2.01. The third kappa shape index (κ3) is 2.34. The van der Waals surface area contributed by atoms with Crippen molar-refractivity contribution in [2.45, 2.75) is 6.61 Å². The molecule has 0 amide bonds. The van der Waals surface area contributed by atoms with E-state index in [1.165, 1.54) is 11.3 Å². The fourth-order valence-corrected chi connectivity index (χ4v) is 2.51. The van der Waals surface area contributed by atoms with Gasteiger partial charge in [0, 0.05) is 11.6 Å². The lowest BCUT2D eigenvalue weighted by atomic mass is 10.2. The number of thiophene rings is 1. The molecule has 0 unspecified atom stereocenters. The number of benzene rings is 1. The van der Waals surface area contributed by atoms with Gasteiger partial charge in [0.15, 0.2) is 11.5 Å². The van der Waals surface area contributed by atoms with Gasteiger partial charge >= 0.3 is 5.97 Å². The third-order valence-corrected chi connectivity index (χ3v) is 3.62. The zero-order valence-corrected chi connectivity index (χ0v) is 10.6. The average Bonchev–Trinajstić information content (AvgIpc) is 3.04. The zero-order valence-electron chi connectivity index (χ0n) is 9.79. The van der Waals surface area contributed by atoms with Gasteiger partial charge in [0.25, 0.3) is 0 Å². The minimum Gasteiger partial charge on any atom is -0.489 e. The monoisotopic (exact) mass is 278 g/mol. The summed E-state index contributed by atoms with van der Waals surface area (Å²) in [5, 5.41) is 10.7. The molecule has 1 aromatic carbocycles. The van der Waals surface area contributed by atoms with E-state index in [0.29, 0.717) is 27.7 Å². The molecule has 3 rings (SSSR count). The first-order valence-corrected chi connectivity index (χ1v) is 6.44. The van der Waals surface area contributed by atoms with Crippen LogP contribution in [0, 0.1) is 0 Å². The molecule has 0 atom stereocenters. The molecule has 0 saturated carbocycles. The van der Waals surface area contributed by atoms with Gasteiger partial charge in [0.2, 0.25) is 6.79 Å². The lowest BCUT2D eigenvalue weighted by Gasteiger charge is -2.06. The summed E-state index contributed by atoms with van der Waals surface area (Å²) >= 11 is 1.19. The van der Waals surface area contributed by atoms with Crippen molar-refractivity contribution in [3.05, 3.63) is 40.1 Å². The second-order valence-electron chi connectivity index (χ2n) is 3.88. The van der Waals surface area contributed by atoms with Gasteiger partial charge < -0.3 is 19.3 Å². The quantitative estimate of drug-likeness (QED) is 0.931. The Morgan fingerprint density at radius 1 is 1.32 bits per heavy atom. The van der Waals surface area contributed by atoms with Crippen molar-refractivity contribution in [3.8, 4) is 17.2 Å². The molecule has 98 valence electrons. The SMILES string of the molecule is O=C(O)c1sccc1COc1ccc2c(c1)OCO2. The highest BCUT2D eigenvalue weighted by atomic mass is 32.1. The highest BCUT2D eigenvalue weighted by molar-refractivity contribution is 7.12. The standard InChI is InChI=1S/C13H10O5S/c14-13(15)12-8(3-4-19-12)6-16-9-1-2-10-11(5-9)18-7-17-10/h1-5H,6-7H2,(H,14,15). The van der Waals surface area contributed by atoms with E-state index < -0.39 is 5.97 Å². The first-order valence-electron chi connectivity index (χ1n) is 5.56. The van der Waals surface area contributed by atoms with Gasteiger partial charge in [-0.05, 0) is 23.6 Å². The topological polar surface area (TPSA) is 65.0 Å². The van der Waals surface area contributed by atoms with Gasteiger partial charge in [0.05, 0.1) is 0 Å². The van der Waals surface area contributed by atoms with Crippen molar-refractivity contribution >= 4 is 17.3 Å². The Balaban J connectivity index is 1.72. The predicted octanol–water partition coefficient (Wildman–Crippen LogP) is 2.75. The van der Waals surface area contributed by atoms with Crippen molar-refractivity contribution in [1.29, 1.82) is 0 Å². The molecule has 1 aliphatic rings. The Morgan fingerprint density at radius 2 is 2.16 bits per heavy atom. The number of carboxylic acid groups (broad SMARTS) is 1. The molecule has 1 aromatic heterocycles. The minimum absolute atomic E-state index is 0.213. The number of carboxylic acids is 1. The second kappa shape index (κ2) is 4.81. The summed E-state index contributed by atoms with van der Waals surface area (Å²) < 4.78 is 16.0. The Labute approximate surface area is 113 Å². The molecule has 19 heavy (non-hydrogen) atoms. The Kier molecular flexibility index (Phi) is 3.00. The van der Waals surface area contributed by atoms with Gasteiger partial charge in [-0.3, -0.25) is 0 Å². The van der Waals surface area contributed by atoms with Crippen LogP contribution in [0.5, 0.6) is 17.2 Å². The number of hydrogen-bond acceptors (Lipinski definition) is 5. The van der Waals surface area contributed by atoms with E-state index in [4.69, 9.17) is 19.3 Å². The molecule has 0 bridgehead atoms. The van der Waals surface area contributed by atoms with Crippen LogP contribution in [0.25, 0.3) is 0 Å². The number of carbonyl (C=O) groups is 1. The zero-order chi connectivity index (χ0) is 13.2. The van der Waals surface area contributed by atoms with Crippen LogP contribution in [0.3, 0.4) is 0 Å². The van der Waals surface area contributed by atoms with Gasteiger partial charge in [-0.25, -0.2) is 4.79 Å². The van der Waals surface area contributed by atoms with Crippen LogP contribution in [0.2, 0.25) is 0 Å². The van der Waals surface area contributed by atoms with E-state index in [2.05, 4.69) is 0 Å². The summed E-state index contributed by atoms with van der Waals surface area (Å²) in [5.74, 6) is 1.02. The fourth-order valence-electron chi connectivity index (χ4n) is 1.76. The molecule has 6 heteroatoms. The Bertz CT molecular complexity index is 619. The molecule has 0 saturated heterocycles. The van der Waals surface area contributed by atoms with E-state index in [9.17, 15) is 4.79 Å². The molecular weight excluding hydrogens is 268 g/mol. The first kappa shape index (κ1) is 11.9. The fraction of sp³-hybridized carbons (Fsp3) is 0.154. The molecule has 2 aromatic rings. The predicted molar refractivity (Wildman–Crippen MR) is 68.2 cm³/mol. The van der Waals surface area contributed by atoms with Crippen LogP contribution in [0.4, 0.5) is 0 Å².